The molecule has 0 amide bonds. The summed E-state index contributed by atoms with van der Waals surface area (Å²) in [5.41, 5.74) is 7.50. The first-order valence-corrected chi connectivity index (χ1v) is 5.51. The molecule has 0 unspecified atom stereocenters. The van der Waals surface area contributed by atoms with Crippen LogP contribution in [0.2, 0.25) is 0 Å². The lowest BCUT2D eigenvalue weighted by atomic mass is 9.55. The maximum Gasteiger partial charge on any atom is 0.133 e. The molecule has 1 aromatic carbocycles. The van der Waals surface area contributed by atoms with Gasteiger partial charge in [-0.25, -0.2) is 8.78 Å². The Labute approximate surface area is 93.0 Å². The van der Waals surface area contributed by atoms with E-state index in [-0.39, 0.29) is 5.41 Å². The van der Waals surface area contributed by atoms with E-state index in [4.69, 9.17) is 5.73 Å². The van der Waals surface area contributed by atoms with Gasteiger partial charge in [0, 0.05) is 17.7 Å². The van der Waals surface area contributed by atoms with Gasteiger partial charge >= 0.3 is 0 Å². The fourth-order valence-corrected chi connectivity index (χ4v) is 2.89. The molecule has 0 atom stereocenters. The number of rotatable bonds is 1. The Kier molecular flexibility index (Phi) is 1.96. The van der Waals surface area contributed by atoms with Crippen molar-refractivity contribution in [2.75, 3.05) is 0 Å². The van der Waals surface area contributed by atoms with Crippen LogP contribution in [-0.4, -0.2) is 6.04 Å². The van der Waals surface area contributed by atoms with Crippen LogP contribution in [0.3, 0.4) is 0 Å². The number of allylic oxidation sites excluding steroid dienone is 2. The molecule has 0 aliphatic heterocycles. The molecule has 1 aromatic rings. The average molecular weight is 221 g/mol. The van der Waals surface area contributed by atoms with Crippen LogP contribution in [0.4, 0.5) is 8.78 Å². The minimum Gasteiger partial charge on any atom is -0.328 e. The van der Waals surface area contributed by atoms with Gasteiger partial charge in [-0.3, -0.25) is 0 Å². The second kappa shape index (κ2) is 3.14. The molecule has 1 spiro atoms. The summed E-state index contributed by atoms with van der Waals surface area (Å²) >= 11 is 0. The van der Waals surface area contributed by atoms with Crippen LogP contribution in [0, 0.1) is 17.0 Å². The minimum absolute atomic E-state index is 0.232. The highest BCUT2D eigenvalue weighted by Gasteiger charge is 2.46. The largest absolute Gasteiger partial charge is 0.328 e. The van der Waals surface area contributed by atoms with Gasteiger partial charge in [0.2, 0.25) is 0 Å². The molecule has 2 aliphatic rings. The van der Waals surface area contributed by atoms with E-state index < -0.39 is 11.6 Å². The molecule has 3 rings (SSSR count). The van der Waals surface area contributed by atoms with Gasteiger partial charge in [-0.2, -0.15) is 0 Å². The van der Waals surface area contributed by atoms with E-state index in [1.807, 2.05) is 0 Å². The van der Waals surface area contributed by atoms with Gasteiger partial charge in [0.15, 0.2) is 0 Å². The van der Waals surface area contributed by atoms with Gasteiger partial charge in [-0.1, -0.05) is 6.08 Å². The first-order chi connectivity index (χ1) is 7.58. The highest BCUT2D eigenvalue weighted by Crippen LogP contribution is 2.56. The zero-order chi connectivity index (χ0) is 11.3. The molecule has 84 valence electrons. The second-order valence-electron chi connectivity index (χ2n) is 5.00. The molecule has 0 aromatic heterocycles. The van der Waals surface area contributed by atoms with Gasteiger partial charge in [0.1, 0.15) is 11.6 Å². The Hall–Kier alpha value is -1.22. The fourth-order valence-electron chi connectivity index (χ4n) is 2.89. The van der Waals surface area contributed by atoms with Crippen molar-refractivity contribution in [2.45, 2.75) is 25.3 Å². The van der Waals surface area contributed by atoms with Crippen molar-refractivity contribution in [1.82, 2.24) is 0 Å². The van der Waals surface area contributed by atoms with E-state index in [9.17, 15) is 8.78 Å². The van der Waals surface area contributed by atoms with Gasteiger partial charge in [-0.15, -0.1) is 0 Å². The normalized spacial score (nSPS) is 31.9. The fraction of sp³-hybridized carbons (Fsp3) is 0.385. The van der Waals surface area contributed by atoms with E-state index >= 15 is 0 Å². The topological polar surface area (TPSA) is 26.0 Å². The smallest absolute Gasteiger partial charge is 0.133 e. The third-order valence-electron chi connectivity index (χ3n) is 3.64. The van der Waals surface area contributed by atoms with Crippen molar-refractivity contribution in [2.24, 2.45) is 11.1 Å². The zero-order valence-corrected chi connectivity index (χ0v) is 8.84. The van der Waals surface area contributed by atoms with Gasteiger partial charge in [0.25, 0.3) is 0 Å². The van der Waals surface area contributed by atoms with Crippen LogP contribution < -0.4 is 5.73 Å². The quantitative estimate of drug-likeness (QED) is 0.775. The zero-order valence-electron chi connectivity index (χ0n) is 8.84. The van der Waals surface area contributed by atoms with Crippen LogP contribution >= 0.6 is 0 Å². The summed E-state index contributed by atoms with van der Waals surface area (Å²) in [5.74, 6) is -0.994. The highest BCUT2D eigenvalue weighted by atomic mass is 19.1. The molecule has 0 radical (unpaired) electrons. The molecule has 16 heavy (non-hydrogen) atoms. The monoisotopic (exact) mass is 221 g/mol. The summed E-state index contributed by atoms with van der Waals surface area (Å²) in [5, 5.41) is 0. The first kappa shape index (κ1) is 9.97. The Morgan fingerprint density at radius 3 is 2.50 bits per heavy atom. The lowest BCUT2D eigenvalue weighted by Crippen LogP contribution is -2.48. The molecule has 0 saturated heterocycles. The molecule has 1 nitrogen and oxygen atoms in total. The molecule has 3 heteroatoms. The Morgan fingerprint density at radius 1 is 1.25 bits per heavy atom. The van der Waals surface area contributed by atoms with Gasteiger partial charge < -0.3 is 5.73 Å². The van der Waals surface area contributed by atoms with Gasteiger partial charge in [0.05, 0.1) is 0 Å². The first-order valence-electron chi connectivity index (χ1n) is 5.51. The maximum atomic E-state index is 13.5. The molecular weight excluding hydrogens is 208 g/mol. The van der Waals surface area contributed by atoms with E-state index in [0.717, 1.165) is 30.9 Å². The van der Waals surface area contributed by atoms with Crippen molar-refractivity contribution in [3.05, 3.63) is 41.5 Å². The molecular formula is C13H13F2N. The average Bonchev–Trinajstić information content (AvgIpc) is 2.10. The van der Waals surface area contributed by atoms with Crippen LogP contribution in [0.25, 0.3) is 5.57 Å². The van der Waals surface area contributed by atoms with E-state index in [0.29, 0.717) is 11.6 Å². The third-order valence-corrected chi connectivity index (χ3v) is 3.64. The predicted octanol–water partition coefficient (Wildman–Crippen LogP) is 2.86. The second-order valence-corrected chi connectivity index (χ2v) is 5.00. The Morgan fingerprint density at radius 2 is 1.94 bits per heavy atom. The number of hydrogen-bond donors (Lipinski definition) is 1. The summed E-state index contributed by atoms with van der Waals surface area (Å²) in [4.78, 5) is 0. The van der Waals surface area contributed by atoms with Crippen molar-refractivity contribution in [1.29, 1.82) is 0 Å². The van der Waals surface area contributed by atoms with Crippen molar-refractivity contribution < 1.29 is 8.78 Å². The summed E-state index contributed by atoms with van der Waals surface area (Å²) in [6, 6.07) is 4.06. The Bertz CT molecular complexity index is 473. The van der Waals surface area contributed by atoms with E-state index in [2.05, 4.69) is 6.08 Å². The SMILES string of the molecule is NC1CC2(C=C(c3ccc(F)cc3F)C2)C1. The van der Waals surface area contributed by atoms with E-state index in [1.165, 1.54) is 12.1 Å². The summed E-state index contributed by atoms with van der Waals surface area (Å²) in [6.45, 7) is 0. The molecule has 0 bridgehead atoms. The molecule has 0 heterocycles. The molecule has 2 N–H and O–H groups in total. The van der Waals surface area contributed by atoms with E-state index in [1.54, 1.807) is 0 Å². The predicted molar refractivity (Wildman–Crippen MR) is 58.6 cm³/mol. The van der Waals surface area contributed by atoms with Crippen molar-refractivity contribution in [3.63, 3.8) is 0 Å². The standard InChI is InChI=1S/C13H13F2N/c14-9-1-2-11(12(15)3-9)8-4-13(5-8)6-10(16)7-13/h1-4,10H,5-7,16H2. The summed E-state index contributed by atoms with van der Waals surface area (Å²) < 4.78 is 26.2. The maximum absolute atomic E-state index is 13.5. The number of nitrogens with two attached hydrogens (primary N) is 1. The molecule has 1 saturated carbocycles. The number of hydrogen-bond acceptors (Lipinski definition) is 1. The number of benzene rings is 1. The highest BCUT2D eigenvalue weighted by molar-refractivity contribution is 5.73. The lowest BCUT2D eigenvalue weighted by molar-refractivity contribution is 0.155. The van der Waals surface area contributed by atoms with Crippen LogP contribution in [0.5, 0.6) is 0 Å². The number of halogens is 2. The van der Waals surface area contributed by atoms with Crippen molar-refractivity contribution in [3.8, 4) is 0 Å². The van der Waals surface area contributed by atoms with Crippen LogP contribution in [0.1, 0.15) is 24.8 Å². The third kappa shape index (κ3) is 1.39. The Balaban J connectivity index is 1.85. The van der Waals surface area contributed by atoms with Crippen molar-refractivity contribution >= 4 is 5.57 Å². The minimum atomic E-state index is -0.526. The summed E-state index contributed by atoms with van der Waals surface area (Å²) in [6.07, 6.45) is 4.98. The van der Waals surface area contributed by atoms with Gasteiger partial charge in [-0.05, 0) is 42.4 Å². The molecule has 2 aliphatic carbocycles. The molecule has 1 fully saturated rings. The lowest BCUT2D eigenvalue weighted by Gasteiger charge is -2.51. The van der Waals surface area contributed by atoms with Crippen LogP contribution in [0.15, 0.2) is 24.3 Å². The van der Waals surface area contributed by atoms with Crippen LogP contribution in [-0.2, 0) is 0 Å². The summed E-state index contributed by atoms with van der Waals surface area (Å²) in [7, 11) is 0.